The number of hydrogen-bond donors (Lipinski definition) is 1. The molecule has 1 N–H and O–H groups in total. The lowest BCUT2D eigenvalue weighted by Gasteiger charge is -2.20. The van der Waals surface area contributed by atoms with Gasteiger partial charge in [0.2, 0.25) is 5.82 Å². The minimum atomic E-state index is -4.69. The van der Waals surface area contributed by atoms with E-state index in [2.05, 4.69) is 20.0 Å². The van der Waals surface area contributed by atoms with Crippen molar-refractivity contribution in [3.05, 3.63) is 35.7 Å². The fourth-order valence-electron chi connectivity index (χ4n) is 1.95. The van der Waals surface area contributed by atoms with Crippen LogP contribution in [-0.2, 0) is 22.3 Å². The van der Waals surface area contributed by atoms with E-state index in [1.54, 1.807) is 12.1 Å². The lowest BCUT2D eigenvalue weighted by molar-refractivity contribution is -0.159. The second-order valence-corrected chi connectivity index (χ2v) is 5.06. The molecule has 1 heterocycles. The maximum atomic E-state index is 12.5. The molecular formula is C15H17F3N4O4. The average molecular weight is 374 g/mol. The third-order valence-corrected chi connectivity index (χ3v) is 3.24. The van der Waals surface area contributed by atoms with Crippen LogP contribution in [0.1, 0.15) is 11.5 Å². The van der Waals surface area contributed by atoms with Crippen LogP contribution in [0.4, 0.5) is 18.0 Å². The van der Waals surface area contributed by atoms with Crippen LogP contribution in [0.3, 0.4) is 0 Å². The van der Waals surface area contributed by atoms with Crippen molar-refractivity contribution in [3.8, 4) is 11.4 Å². The Morgan fingerprint density at radius 3 is 2.50 bits per heavy atom. The smallest absolute Gasteiger partial charge is 0.383 e. The van der Waals surface area contributed by atoms with Crippen molar-refractivity contribution >= 4 is 6.03 Å². The molecule has 0 aliphatic carbocycles. The number of hydroxylamine groups is 2. The number of methoxy groups -OCH3 is 1. The zero-order valence-corrected chi connectivity index (χ0v) is 14.0. The van der Waals surface area contributed by atoms with Gasteiger partial charge in [0, 0.05) is 19.2 Å². The number of nitrogens with zero attached hydrogens (tertiary/aromatic N) is 3. The van der Waals surface area contributed by atoms with Gasteiger partial charge in [0.05, 0.1) is 20.3 Å². The number of halogens is 3. The lowest BCUT2D eigenvalue weighted by atomic mass is 10.1. The van der Waals surface area contributed by atoms with Crippen molar-refractivity contribution < 1.29 is 32.1 Å². The minimum absolute atomic E-state index is 0.135. The highest BCUT2D eigenvalue weighted by Crippen LogP contribution is 2.29. The van der Waals surface area contributed by atoms with Crippen LogP contribution in [0.2, 0.25) is 0 Å². The molecule has 0 unspecified atom stereocenters. The molecule has 0 radical (unpaired) electrons. The Kier molecular flexibility index (Phi) is 6.52. The van der Waals surface area contributed by atoms with E-state index in [4.69, 9.17) is 9.57 Å². The van der Waals surface area contributed by atoms with Crippen LogP contribution in [0.25, 0.3) is 11.4 Å². The third-order valence-electron chi connectivity index (χ3n) is 3.24. The summed E-state index contributed by atoms with van der Waals surface area (Å²) < 4.78 is 46.5. The normalized spacial score (nSPS) is 11.4. The number of hydrogen-bond acceptors (Lipinski definition) is 6. The van der Waals surface area contributed by atoms with Crippen molar-refractivity contribution in [3.63, 3.8) is 0 Å². The molecule has 1 aromatic heterocycles. The molecule has 0 bridgehead atoms. The van der Waals surface area contributed by atoms with Crippen LogP contribution in [0.5, 0.6) is 0 Å². The Balaban J connectivity index is 2.02. The van der Waals surface area contributed by atoms with Crippen LogP contribution in [0.15, 0.2) is 28.8 Å². The van der Waals surface area contributed by atoms with E-state index in [0.717, 1.165) is 5.06 Å². The summed E-state index contributed by atoms with van der Waals surface area (Å²) in [7, 11) is 2.87. The van der Waals surface area contributed by atoms with E-state index in [1.165, 1.54) is 26.4 Å². The number of ether oxygens (including phenoxy) is 1. The molecule has 0 atom stereocenters. The molecular weight excluding hydrogens is 357 g/mol. The summed E-state index contributed by atoms with van der Waals surface area (Å²) in [5.74, 6) is -1.58. The van der Waals surface area contributed by atoms with Gasteiger partial charge < -0.3 is 14.6 Å². The summed E-state index contributed by atoms with van der Waals surface area (Å²) in [6.45, 7) is 0.825. The van der Waals surface area contributed by atoms with Crippen molar-refractivity contribution in [1.82, 2.24) is 20.5 Å². The fraction of sp³-hybridized carbons (Fsp3) is 0.400. The average Bonchev–Trinajstić information content (AvgIpc) is 3.11. The quantitative estimate of drug-likeness (QED) is 0.592. The van der Waals surface area contributed by atoms with Gasteiger partial charge in [-0.3, -0.25) is 4.84 Å². The third kappa shape index (κ3) is 5.17. The lowest BCUT2D eigenvalue weighted by Crippen LogP contribution is -2.40. The molecule has 2 aromatic rings. The van der Waals surface area contributed by atoms with Gasteiger partial charge in [0.15, 0.2) is 0 Å². The predicted octanol–water partition coefficient (Wildman–Crippen LogP) is 2.47. The molecule has 0 spiro atoms. The molecule has 0 saturated carbocycles. The topological polar surface area (TPSA) is 89.7 Å². The van der Waals surface area contributed by atoms with Gasteiger partial charge in [-0.25, -0.2) is 4.79 Å². The van der Waals surface area contributed by atoms with E-state index in [-0.39, 0.29) is 12.4 Å². The Labute approximate surface area is 146 Å². The standard InChI is InChI=1S/C15H17F3N4O4/c1-24-8-7-19-14(23)22(25-2)9-10-3-5-11(6-4-10)12-20-13(26-21-12)15(16,17)18/h3-6H,7-9H2,1-2H3,(H,19,23). The Morgan fingerprint density at radius 2 is 1.96 bits per heavy atom. The van der Waals surface area contributed by atoms with Gasteiger partial charge in [0.1, 0.15) is 0 Å². The van der Waals surface area contributed by atoms with E-state index >= 15 is 0 Å². The molecule has 8 nitrogen and oxygen atoms in total. The number of amides is 2. The molecule has 2 rings (SSSR count). The molecule has 1 aromatic carbocycles. The van der Waals surface area contributed by atoms with Gasteiger partial charge in [-0.05, 0) is 5.56 Å². The molecule has 0 aliphatic rings. The van der Waals surface area contributed by atoms with Gasteiger partial charge in [0.25, 0.3) is 0 Å². The summed E-state index contributed by atoms with van der Waals surface area (Å²) in [4.78, 5) is 20.3. The zero-order chi connectivity index (χ0) is 19.2. The van der Waals surface area contributed by atoms with Gasteiger partial charge >= 0.3 is 18.1 Å². The van der Waals surface area contributed by atoms with Crippen LogP contribution in [0, 0.1) is 0 Å². The monoisotopic (exact) mass is 374 g/mol. The molecule has 0 aliphatic heterocycles. The van der Waals surface area contributed by atoms with Crippen LogP contribution < -0.4 is 5.32 Å². The van der Waals surface area contributed by atoms with Crippen molar-refractivity contribution in [2.45, 2.75) is 12.7 Å². The number of benzene rings is 1. The van der Waals surface area contributed by atoms with Crippen LogP contribution in [-0.4, -0.2) is 48.6 Å². The number of alkyl halides is 3. The SMILES string of the molecule is COCCNC(=O)N(Cc1ccc(-c2noc(C(F)(F)F)n2)cc1)OC. The highest BCUT2D eigenvalue weighted by molar-refractivity contribution is 5.73. The number of aromatic nitrogens is 2. The molecule has 11 heteroatoms. The van der Waals surface area contributed by atoms with Gasteiger partial charge in [-0.2, -0.15) is 23.2 Å². The minimum Gasteiger partial charge on any atom is -0.383 e. The van der Waals surface area contributed by atoms with Crippen molar-refractivity contribution in [1.29, 1.82) is 0 Å². The maximum absolute atomic E-state index is 12.5. The second-order valence-electron chi connectivity index (χ2n) is 5.06. The summed E-state index contributed by atoms with van der Waals surface area (Å²) in [5, 5.41) is 7.02. The number of rotatable bonds is 7. The van der Waals surface area contributed by atoms with Crippen LogP contribution >= 0.6 is 0 Å². The Hall–Kier alpha value is -2.66. The van der Waals surface area contributed by atoms with Crippen molar-refractivity contribution in [2.75, 3.05) is 27.4 Å². The summed E-state index contributed by atoms with van der Waals surface area (Å²) in [6.07, 6.45) is -4.69. The highest BCUT2D eigenvalue weighted by atomic mass is 19.4. The molecule has 2 amide bonds. The van der Waals surface area contributed by atoms with E-state index < -0.39 is 18.1 Å². The predicted molar refractivity (Wildman–Crippen MR) is 82.6 cm³/mol. The molecule has 26 heavy (non-hydrogen) atoms. The number of nitrogens with one attached hydrogen (secondary N) is 1. The first kappa shape index (κ1) is 19.7. The first-order valence-electron chi connectivity index (χ1n) is 7.43. The number of urea groups is 1. The second kappa shape index (κ2) is 8.63. The zero-order valence-electron chi connectivity index (χ0n) is 14.0. The van der Waals surface area contributed by atoms with E-state index in [1.807, 2.05) is 0 Å². The Morgan fingerprint density at radius 1 is 1.27 bits per heavy atom. The van der Waals surface area contributed by atoms with Gasteiger partial charge in [-0.15, -0.1) is 0 Å². The summed E-state index contributed by atoms with van der Waals surface area (Å²) in [6, 6.07) is 5.84. The highest BCUT2D eigenvalue weighted by Gasteiger charge is 2.38. The summed E-state index contributed by atoms with van der Waals surface area (Å²) in [5.41, 5.74) is 1.04. The van der Waals surface area contributed by atoms with Crippen molar-refractivity contribution in [2.24, 2.45) is 0 Å². The first-order chi connectivity index (χ1) is 12.3. The molecule has 142 valence electrons. The number of carbonyl (C=O) groups excluding carboxylic acids is 1. The number of carbonyl (C=O) groups is 1. The molecule has 0 saturated heterocycles. The van der Waals surface area contributed by atoms with Gasteiger partial charge in [-0.1, -0.05) is 29.4 Å². The fourth-order valence-corrected chi connectivity index (χ4v) is 1.95. The maximum Gasteiger partial charge on any atom is 0.471 e. The first-order valence-corrected chi connectivity index (χ1v) is 7.43. The Bertz CT molecular complexity index is 718. The largest absolute Gasteiger partial charge is 0.471 e. The summed E-state index contributed by atoms with van der Waals surface area (Å²) >= 11 is 0. The molecule has 0 fully saturated rings. The van der Waals surface area contributed by atoms with E-state index in [0.29, 0.717) is 24.3 Å². The van der Waals surface area contributed by atoms with E-state index in [9.17, 15) is 18.0 Å².